The first-order valence-electron chi connectivity index (χ1n) is 3.84. The fourth-order valence-corrected chi connectivity index (χ4v) is 1.53. The van der Waals surface area contributed by atoms with Crippen molar-refractivity contribution in [2.45, 2.75) is 6.04 Å². The maximum absolute atomic E-state index is 11.1. The smallest absolute Gasteiger partial charge is 0.327 e. The summed E-state index contributed by atoms with van der Waals surface area (Å²) in [5.74, 6) is -0.533. The SMILES string of the molecule is COC(=O)[C@@H](N)c1ccc(Cl)cc1Cl.Cl. The Morgan fingerprint density at radius 1 is 1.47 bits per heavy atom. The van der Waals surface area contributed by atoms with E-state index in [4.69, 9.17) is 28.9 Å². The maximum atomic E-state index is 11.1. The van der Waals surface area contributed by atoms with Crippen LogP contribution in [0.3, 0.4) is 0 Å². The highest BCUT2D eigenvalue weighted by atomic mass is 35.5. The van der Waals surface area contributed by atoms with Crippen molar-refractivity contribution in [2.24, 2.45) is 5.73 Å². The molecule has 0 aromatic heterocycles. The summed E-state index contributed by atoms with van der Waals surface area (Å²) in [5.41, 5.74) is 6.10. The Labute approximate surface area is 104 Å². The molecular weight excluding hydrogens is 260 g/mol. The molecule has 0 aliphatic carbocycles. The molecule has 0 saturated heterocycles. The van der Waals surface area contributed by atoms with Crippen LogP contribution in [-0.2, 0) is 9.53 Å². The van der Waals surface area contributed by atoms with Crippen LogP contribution in [0.5, 0.6) is 0 Å². The number of carbonyl (C=O) groups is 1. The molecule has 1 aromatic carbocycles. The molecule has 84 valence electrons. The fourth-order valence-electron chi connectivity index (χ4n) is 1.01. The van der Waals surface area contributed by atoms with Crippen molar-refractivity contribution in [1.82, 2.24) is 0 Å². The van der Waals surface area contributed by atoms with Crippen LogP contribution in [0.2, 0.25) is 10.0 Å². The van der Waals surface area contributed by atoms with E-state index in [0.717, 1.165) is 0 Å². The number of methoxy groups -OCH3 is 1. The number of nitrogens with two attached hydrogens (primary N) is 1. The summed E-state index contributed by atoms with van der Waals surface area (Å²) >= 11 is 11.5. The molecule has 1 aromatic rings. The van der Waals surface area contributed by atoms with Gasteiger partial charge in [0, 0.05) is 10.0 Å². The number of hydrogen-bond donors (Lipinski definition) is 1. The van der Waals surface area contributed by atoms with Crippen LogP contribution in [-0.4, -0.2) is 13.1 Å². The molecule has 1 atom stereocenters. The minimum absolute atomic E-state index is 0. The van der Waals surface area contributed by atoms with E-state index >= 15 is 0 Å². The van der Waals surface area contributed by atoms with Gasteiger partial charge in [0.25, 0.3) is 0 Å². The monoisotopic (exact) mass is 269 g/mol. The first kappa shape index (κ1) is 14.5. The van der Waals surface area contributed by atoms with Crippen molar-refractivity contribution in [3.63, 3.8) is 0 Å². The lowest BCUT2D eigenvalue weighted by Crippen LogP contribution is -2.22. The lowest BCUT2D eigenvalue weighted by Gasteiger charge is -2.11. The highest BCUT2D eigenvalue weighted by Crippen LogP contribution is 2.25. The van der Waals surface area contributed by atoms with Gasteiger partial charge in [-0.15, -0.1) is 12.4 Å². The Kier molecular flexibility index (Phi) is 5.98. The molecule has 0 bridgehead atoms. The summed E-state index contributed by atoms with van der Waals surface area (Å²) < 4.78 is 4.50. The van der Waals surface area contributed by atoms with E-state index < -0.39 is 12.0 Å². The molecule has 0 saturated carbocycles. The van der Waals surface area contributed by atoms with Crippen LogP contribution in [0, 0.1) is 0 Å². The van der Waals surface area contributed by atoms with Crippen molar-refractivity contribution >= 4 is 41.6 Å². The van der Waals surface area contributed by atoms with E-state index in [1.54, 1.807) is 12.1 Å². The molecule has 0 heterocycles. The second-order valence-electron chi connectivity index (χ2n) is 2.67. The van der Waals surface area contributed by atoms with E-state index in [-0.39, 0.29) is 12.4 Å². The molecule has 6 heteroatoms. The summed E-state index contributed by atoms with van der Waals surface area (Å²) in [4.78, 5) is 11.1. The van der Waals surface area contributed by atoms with Crippen molar-refractivity contribution in [1.29, 1.82) is 0 Å². The highest BCUT2D eigenvalue weighted by Gasteiger charge is 2.18. The Balaban J connectivity index is 0.00000196. The Morgan fingerprint density at radius 2 is 2.07 bits per heavy atom. The summed E-state index contributed by atoms with van der Waals surface area (Å²) in [7, 11) is 1.27. The molecule has 0 aliphatic rings. The number of ether oxygens (including phenoxy) is 1. The Morgan fingerprint density at radius 3 is 2.53 bits per heavy atom. The zero-order valence-corrected chi connectivity index (χ0v) is 10.2. The predicted octanol–water partition coefficient (Wildman–Crippen LogP) is 2.59. The number of esters is 1. The lowest BCUT2D eigenvalue weighted by molar-refractivity contribution is -0.142. The van der Waals surface area contributed by atoms with Crippen molar-refractivity contribution in [2.75, 3.05) is 7.11 Å². The maximum Gasteiger partial charge on any atom is 0.327 e. The molecule has 2 N–H and O–H groups in total. The first-order chi connectivity index (χ1) is 6.56. The molecule has 0 unspecified atom stereocenters. The van der Waals surface area contributed by atoms with Crippen molar-refractivity contribution in [3.05, 3.63) is 33.8 Å². The van der Waals surface area contributed by atoms with Crippen LogP contribution < -0.4 is 5.73 Å². The molecule has 0 fully saturated rings. The predicted molar refractivity (Wildman–Crippen MR) is 62.7 cm³/mol. The van der Waals surface area contributed by atoms with Gasteiger partial charge in [-0.05, 0) is 17.7 Å². The molecule has 0 spiro atoms. The summed E-state index contributed by atoms with van der Waals surface area (Å²) in [5, 5.41) is 0.853. The quantitative estimate of drug-likeness (QED) is 0.841. The Bertz CT molecular complexity index is 357. The van der Waals surface area contributed by atoms with Crippen LogP contribution in [0.25, 0.3) is 0 Å². The van der Waals surface area contributed by atoms with E-state index in [1.807, 2.05) is 0 Å². The van der Waals surface area contributed by atoms with Gasteiger partial charge in [0.05, 0.1) is 7.11 Å². The van der Waals surface area contributed by atoms with Gasteiger partial charge in [0.1, 0.15) is 6.04 Å². The average molecular weight is 271 g/mol. The third kappa shape index (κ3) is 3.54. The standard InChI is InChI=1S/C9H9Cl2NO2.ClH/c1-14-9(13)8(12)6-3-2-5(10)4-7(6)11;/h2-4,8H,12H2,1H3;1H/t8-;/m0./s1. The molecule has 0 aliphatic heterocycles. The van der Waals surface area contributed by atoms with Gasteiger partial charge in [0.15, 0.2) is 0 Å². The number of carbonyl (C=O) groups excluding carboxylic acids is 1. The number of hydrogen-bond acceptors (Lipinski definition) is 3. The summed E-state index contributed by atoms with van der Waals surface area (Å²) in [6, 6.07) is 3.88. The zero-order chi connectivity index (χ0) is 10.7. The fraction of sp³-hybridized carbons (Fsp3) is 0.222. The molecule has 1 rings (SSSR count). The van der Waals surface area contributed by atoms with Crippen LogP contribution in [0.4, 0.5) is 0 Å². The second kappa shape index (κ2) is 6.18. The van der Waals surface area contributed by atoms with Crippen LogP contribution in [0.15, 0.2) is 18.2 Å². The van der Waals surface area contributed by atoms with Crippen LogP contribution in [0.1, 0.15) is 11.6 Å². The van der Waals surface area contributed by atoms with Gasteiger partial charge in [-0.3, -0.25) is 4.79 Å². The highest BCUT2D eigenvalue weighted by molar-refractivity contribution is 6.35. The molecule has 15 heavy (non-hydrogen) atoms. The van der Waals surface area contributed by atoms with Gasteiger partial charge in [0.2, 0.25) is 0 Å². The largest absolute Gasteiger partial charge is 0.468 e. The second-order valence-corrected chi connectivity index (χ2v) is 3.51. The molecule has 0 amide bonds. The van der Waals surface area contributed by atoms with E-state index in [2.05, 4.69) is 4.74 Å². The first-order valence-corrected chi connectivity index (χ1v) is 4.60. The van der Waals surface area contributed by atoms with E-state index in [9.17, 15) is 4.79 Å². The normalized spacial score (nSPS) is 11.5. The number of halogens is 3. The third-order valence-corrected chi connectivity index (χ3v) is 2.32. The van der Waals surface area contributed by atoms with Gasteiger partial charge < -0.3 is 10.5 Å². The summed E-state index contributed by atoms with van der Waals surface area (Å²) in [6.07, 6.45) is 0. The van der Waals surface area contributed by atoms with Gasteiger partial charge in [-0.2, -0.15) is 0 Å². The third-order valence-electron chi connectivity index (χ3n) is 1.75. The Hall–Kier alpha value is -0.480. The van der Waals surface area contributed by atoms with Crippen molar-refractivity contribution < 1.29 is 9.53 Å². The van der Waals surface area contributed by atoms with Crippen molar-refractivity contribution in [3.8, 4) is 0 Å². The minimum atomic E-state index is -0.871. The lowest BCUT2D eigenvalue weighted by atomic mass is 10.1. The minimum Gasteiger partial charge on any atom is -0.468 e. The number of benzene rings is 1. The summed E-state index contributed by atoms with van der Waals surface area (Å²) in [6.45, 7) is 0. The van der Waals surface area contributed by atoms with Gasteiger partial charge in [-0.1, -0.05) is 29.3 Å². The number of rotatable bonds is 2. The van der Waals surface area contributed by atoms with Gasteiger partial charge >= 0.3 is 5.97 Å². The zero-order valence-electron chi connectivity index (χ0n) is 7.87. The molecule has 3 nitrogen and oxygen atoms in total. The molecule has 0 radical (unpaired) electrons. The van der Waals surface area contributed by atoms with E-state index in [0.29, 0.717) is 15.6 Å². The average Bonchev–Trinajstić information content (AvgIpc) is 2.15. The topological polar surface area (TPSA) is 52.3 Å². The molecular formula is C9H10Cl3NO2. The van der Waals surface area contributed by atoms with Crippen LogP contribution >= 0.6 is 35.6 Å². The van der Waals surface area contributed by atoms with E-state index in [1.165, 1.54) is 13.2 Å². The van der Waals surface area contributed by atoms with Gasteiger partial charge in [-0.25, -0.2) is 0 Å².